The number of nitrogens with two attached hydrogens (primary N) is 1. The Balaban J connectivity index is 2.01. The van der Waals surface area contributed by atoms with Crippen LogP contribution in [0.25, 0.3) is 11.4 Å². The average Bonchev–Trinajstić information content (AvgIpc) is 2.91. The molecule has 2 aromatic rings. The zero-order valence-corrected chi connectivity index (χ0v) is 11.9. The van der Waals surface area contributed by atoms with Crippen molar-refractivity contribution in [2.45, 2.75) is 18.9 Å². The molecule has 1 aliphatic rings. The number of anilines is 1. The van der Waals surface area contributed by atoms with E-state index in [9.17, 15) is 0 Å². The van der Waals surface area contributed by atoms with Crippen LogP contribution in [-0.4, -0.2) is 33.4 Å². The zero-order chi connectivity index (χ0) is 13.2. The molecule has 0 radical (unpaired) electrons. The van der Waals surface area contributed by atoms with Crippen molar-refractivity contribution in [1.82, 2.24) is 20.2 Å². The number of nitrogens with zero attached hydrogens (tertiary/aromatic N) is 4. The van der Waals surface area contributed by atoms with E-state index in [4.69, 9.17) is 10.5 Å². The highest BCUT2D eigenvalue weighted by Gasteiger charge is 2.22. The number of hydrogen-bond acceptors (Lipinski definition) is 5. The van der Waals surface area contributed by atoms with Crippen molar-refractivity contribution in [2.24, 2.45) is 0 Å². The van der Waals surface area contributed by atoms with Crippen LogP contribution in [0.2, 0.25) is 0 Å². The molecule has 100 valence electrons. The largest absolute Gasteiger partial charge is 0.399 e. The predicted octanol–water partition coefficient (Wildman–Crippen LogP) is 2.04. The molecule has 1 aromatic heterocycles. The highest BCUT2D eigenvalue weighted by molar-refractivity contribution is 9.10. The molecule has 0 saturated carbocycles. The first kappa shape index (κ1) is 12.6. The summed E-state index contributed by atoms with van der Waals surface area (Å²) in [7, 11) is 0. The van der Waals surface area contributed by atoms with Crippen molar-refractivity contribution in [2.75, 3.05) is 18.9 Å². The van der Waals surface area contributed by atoms with Crippen molar-refractivity contribution in [3.8, 4) is 11.4 Å². The monoisotopic (exact) mass is 323 g/mol. The lowest BCUT2D eigenvalue weighted by atomic mass is 10.1. The van der Waals surface area contributed by atoms with Crippen LogP contribution in [0.3, 0.4) is 0 Å². The molecule has 7 heteroatoms. The smallest absolute Gasteiger partial charge is 0.183 e. The topological polar surface area (TPSA) is 78.9 Å². The molecule has 0 atom stereocenters. The highest BCUT2D eigenvalue weighted by Crippen LogP contribution is 2.31. The van der Waals surface area contributed by atoms with Gasteiger partial charge in [0, 0.05) is 28.9 Å². The Labute approximate surface area is 119 Å². The van der Waals surface area contributed by atoms with Gasteiger partial charge in [-0.05, 0) is 41.5 Å². The molecule has 0 amide bonds. The minimum atomic E-state index is 0.284. The maximum absolute atomic E-state index is 5.84. The van der Waals surface area contributed by atoms with Gasteiger partial charge in [0.1, 0.15) is 0 Å². The van der Waals surface area contributed by atoms with Gasteiger partial charge in [-0.15, -0.1) is 5.10 Å². The van der Waals surface area contributed by atoms with Gasteiger partial charge < -0.3 is 10.5 Å². The fourth-order valence-corrected chi connectivity index (χ4v) is 2.68. The number of nitrogen functional groups attached to an aromatic ring is 1. The second-order valence-corrected chi connectivity index (χ2v) is 5.38. The molecule has 2 N–H and O–H groups in total. The first-order valence-electron chi connectivity index (χ1n) is 6.16. The molecular formula is C12H14BrN5O. The van der Waals surface area contributed by atoms with Crippen LogP contribution >= 0.6 is 15.9 Å². The third-order valence-corrected chi connectivity index (χ3v) is 3.95. The van der Waals surface area contributed by atoms with Gasteiger partial charge in [0.05, 0.1) is 6.04 Å². The third kappa shape index (κ3) is 2.48. The van der Waals surface area contributed by atoms with Gasteiger partial charge >= 0.3 is 0 Å². The Hall–Kier alpha value is -1.47. The van der Waals surface area contributed by atoms with E-state index in [1.165, 1.54) is 0 Å². The fraction of sp³-hybridized carbons (Fsp3) is 0.417. The Morgan fingerprint density at radius 1 is 1.32 bits per heavy atom. The van der Waals surface area contributed by atoms with Gasteiger partial charge in [-0.1, -0.05) is 15.9 Å². The van der Waals surface area contributed by atoms with Gasteiger partial charge in [0.2, 0.25) is 0 Å². The van der Waals surface area contributed by atoms with Crippen LogP contribution in [0.5, 0.6) is 0 Å². The number of hydrogen-bond donors (Lipinski definition) is 1. The SMILES string of the molecule is Nc1ccc(Br)c(-c2nnnn2C2CCOCC2)c1. The molecule has 0 unspecified atom stereocenters. The number of aromatic nitrogens is 4. The van der Waals surface area contributed by atoms with Crippen LogP contribution in [0.4, 0.5) is 5.69 Å². The van der Waals surface area contributed by atoms with E-state index in [2.05, 4.69) is 31.5 Å². The van der Waals surface area contributed by atoms with Crippen LogP contribution < -0.4 is 5.73 Å². The van der Waals surface area contributed by atoms with Crippen LogP contribution in [0.1, 0.15) is 18.9 Å². The van der Waals surface area contributed by atoms with Crippen LogP contribution in [0.15, 0.2) is 22.7 Å². The van der Waals surface area contributed by atoms with Crippen LogP contribution in [-0.2, 0) is 4.74 Å². The number of rotatable bonds is 2. The Morgan fingerprint density at radius 2 is 2.11 bits per heavy atom. The molecule has 1 fully saturated rings. The summed E-state index contributed by atoms with van der Waals surface area (Å²) in [4.78, 5) is 0. The molecule has 1 aliphatic heterocycles. The highest BCUT2D eigenvalue weighted by atomic mass is 79.9. The molecule has 19 heavy (non-hydrogen) atoms. The number of halogens is 1. The molecule has 6 nitrogen and oxygen atoms in total. The van der Waals surface area contributed by atoms with E-state index in [1.54, 1.807) is 0 Å². The Bertz CT molecular complexity index is 579. The normalized spacial score (nSPS) is 16.7. The Kier molecular flexibility index (Phi) is 3.48. The summed E-state index contributed by atoms with van der Waals surface area (Å²) in [5.74, 6) is 0.742. The standard InChI is InChI=1S/C12H14BrN5O/c13-11-2-1-8(14)7-10(11)12-15-16-17-18(12)9-3-5-19-6-4-9/h1-2,7,9H,3-6,14H2. The molecule has 0 bridgehead atoms. The molecule has 2 heterocycles. The van der Waals surface area contributed by atoms with Gasteiger partial charge in [-0.2, -0.15) is 0 Å². The maximum Gasteiger partial charge on any atom is 0.183 e. The molecule has 3 rings (SSSR count). The lowest BCUT2D eigenvalue weighted by Crippen LogP contribution is -2.21. The van der Waals surface area contributed by atoms with Crippen molar-refractivity contribution < 1.29 is 4.74 Å². The summed E-state index contributed by atoms with van der Waals surface area (Å²) in [5.41, 5.74) is 7.45. The van der Waals surface area contributed by atoms with Gasteiger partial charge in [0.15, 0.2) is 5.82 Å². The summed E-state index contributed by atoms with van der Waals surface area (Å²) in [6.07, 6.45) is 1.86. The number of benzene rings is 1. The second kappa shape index (κ2) is 5.26. The van der Waals surface area contributed by atoms with E-state index in [0.717, 1.165) is 41.9 Å². The van der Waals surface area contributed by atoms with Crippen LogP contribution in [0, 0.1) is 0 Å². The summed E-state index contributed by atoms with van der Waals surface area (Å²) >= 11 is 3.52. The van der Waals surface area contributed by atoms with E-state index < -0.39 is 0 Å². The lowest BCUT2D eigenvalue weighted by Gasteiger charge is -2.22. The van der Waals surface area contributed by atoms with Gasteiger partial charge in [-0.3, -0.25) is 0 Å². The van der Waals surface area contributed by atoms with Gasteiger partial charge in [0.25, 0.3) is 0 Å². The zero-order valence-electron chi connectivity index (χ0n) is 10.3. The molecule has 0 aliphatic carbocycles. The summed E-state index contributed by atoms with van der Waals surface area (Å²) in [6.45, 7) is 1.50. The predicted molar refractivity (Wildman–Crippen MR) is 74.5 cm³/mol. The molecule has 1 saturated heterocycles. The van der Waals surface area contributed by atoms with Crippen molar-refractivity contribution in [3.63, 3.8) is 0 Å². The molecule has 1 aromatic carbocycles. The quantitative estimate of drug-likeness (QED) is 0.855. The van der Waals surface area contributed by atoms with Crippen molar-refractivity contribution in [1.29, 1.82) is 0 Å². The minimum absolute atomic E-state index is 0.284. The van der Waals surface area contributed by atoms with E-state index in [-0.39, 0.29) is 6.04 Å². The molecular weight excluding hydrogens is 310 g/mol. The van der Waals surface area contributed by atoms with E-state index >= 15 is 0 Å². The maximum atomic E-state index is 5.84. The van der Waals surface area contributed by atoms with Crippen molar-refractivity contribution >= 4 is 21.6 Å². The lowest BCUT2D eigenvalue weighted by molar-refractivity contribution is 0.0662. The third-order valence-electron chi connectivity index (χ3n) is 3.26. The number of ether oxygens (including phenoxy) is 1. The van der Waals surface area contributed by atoms with E-state index in [0.29, 0.717) is 5.69 Å². The summed E-state index contributed by atoms with van der Waals surface area (Å²) < 4.78 is 8.19. The first-order chi connectivity index (χ1) is 9.25. The first-order valence-corrected chi connectivity index (χ1v) is 6.96. The summed E-state index contributed by atoms with van der Waals surface area (Å²) in [6, 6.07) is 5.92. The fourth-order valence-electron chi connectivity index (χ4n) is 2.26. The van der Waals surface area contributed by atoms with E-state index in [1.807, 2.05) is 22.9 Å². The second-order valence-electron chi connectivity index (χ2n) is 4.53. The summed E-state index contributed by atoms with van der Waals surface area (Å²) in [5, 5.41) is 12.1. The number of tetrazole rings is 1. The van der Waals surface area contributed by atoms with Gasteiger partial charge in [-0.25, -0.2) is 4.68 Å². The average molecular weight is 324 g/mol. The minimum Gasteiger partial charge on any atom is -0.399 e. The molecule has 0 spiro atoms. The Morgan fingerprint density at radius 3 is 2.89 bits per heavy atom. The van der Waals surface area contributed by atoms with Crippen molar-refractivity contribution in [3.05, 3.63) is 22.7 Å².